The average molecular weight is 771 g/mol. The van der Waals surface area contributed by atoms with Crippen molar-refractivity contribution in [2.45, 2.75) is 83.1 Å². The predicted octanol–water partition coefficient (Wildman–Crippen LogP) is 8.77. The van der Waals surface area contributed by atoms with Crippen molar-refractivity contribution in [1.29, 1.82) is 0 Å². The number of unbranched alkanes of at least 4 members (excludes halogenated alkanes) is 3. The highest BCUT2D eigenvalue weighted by molar-refractivity contribution is 6.40. The molecule has 282 valence electrons. The van der Waals surface area contributed by atoms with Crippen LogP contribution in [0.25, 0.3) is 11.1 Å². The molecule has 1 fully saturated rings. The summed E-state index contributed by atoms with van der Waals surface area (Å²) in [5.74, 6) is -0.0572. The molecule has 4 aromatic carbocycles. The Morgan fingerprint density at radius 1 is 0.815 bits per heavy atom. The van der Waals surface area contributed by atoms with Crippen LogP contribution in [0.3, 0.4) is 0 Å². The van der Waals surface area contributed by atoms with Crippen molar-refractivity contribution < 1.29 is 24.2 Å². The fourth-order valence-corrected chi connectivity index (χ4v) is 6.80. The second kappa shape index (κ2) is 19.1. The Morgan fingerprint density at radius 3 is 2.26 bits per heavy atom. The third-order valence-corrected chi connectivity index (χ3v) is 10.2. The van der Waals surface area contributed by atoms with Gasteiger partial charge in [-0.15, -0.1) is 0 Å². The monoisotopic (exact) mass is 769 g/mol. The normalized spacial score (nSPS) is 16.9. The van der Waals surface area contributed by atoms with Crippen LogP contribution in [0.1, 0.15) is 79.6 Å². The highest BCUT2D eigenvalue weighted by Gasteiger charge is 2.33. The number of carbonyl (C=O) groups is 2. The Labute approximate surface area is 325 Å². The lowest BCUT2D eigenvalue weighted by atomic mass is 9.98. The van der Waals surface area contributed by atoms with E-state index >= 15 is 0 Å². The molecule has 2 amide bonds. The van der Waals surface area contributed by atoms with Gasteiger partial charge in [0.1, 0.15) is 5.15 Å². The van der Waals surface area contributed by atoms with Gasteiger partial charge in [0.15, 0.2) is 11.4 Å². The summed E-state index contributed by atoms with van der Waals surface area (Å²) in [7, 11) is 0. The van der Waals surface area contributed by atoms with Crippen LogP contribution in [-0.2, 0) is 38.8 Å². The molecule has 0 bridgehead atoms. The molecule has 0 aliphatic carbocycles. The molecule has 1 aliphatic heterocycles. The topological polar surface area (TPSA) is 141 Å². The Morgan fingerprint density at radius 2 is 1.54 bits per heavy atom. The number of hydrogen-bond donors (Lipinski definition) is 4. The molecule has 1 aliphatic rings. The molecule has 2 heterocycles. The van der Waals surface area contributed by atoms with E-state index in [1.165, 1.54) is 0 Å². The number of hydrogen-bond acceptors (Lipinski definition) is 7. The average Bonchev–Trinajstić information content (AvgIpc) is 3.51. The van der Waals surface area contributed by atoms with Crippen molar-refractivity contribution >= 4 is 46.4 Å². The fraction of sp³-hybridized carbons (Fsp3) is 0.310. The summed E-state index contributed by atoms with van der Waals surface area (Å²) < 4.78 is 14.9. The second-order valence-electron chi connectivity index (χ2n) is 13.5. The molecule has 0 radical (unpaired) electrons. The lowest BCUT2D eigenvalue weighted by Gasteiger charge is -2.36. The number of halogens is 2. The first-order valence-electron chi connectivity index (χ1n) is 18.2. The molecule has 0 saturated carbocycles. The quantitative estimate of drug-likeness (QED) is 0.0581. The minimum atomic E-state index is -0.655. The Kier molecular flexibility index (Phi) is 13.8. The predicted molar refractivity (Wildman–Crippen MR) is 212 cm³/mol. The van der Waals surface area contributed by atoms with Crippen molar-refractivity contribution in [2.75, 3.05) is 11.1 Å². The molecule has 3 atom stereocenters. The molecular formula is C42H45Cl2N5O5. The van der Waals surface area contributed by atoms with Gasteiger partial charge in [-0.25, -0.2) is 4.98 Å². The van der Waals surface area contributed by atoms with E-state index in [1.54, 1.807) is 23.0 Å². The standard InChI is InChI=1S/C42H45Cl2N5O5/c43-40-41(44)49(27-47-40)25-34-23-37(30-19-17-28(26-50)18-20-30)54-42(53-34)33-12-8-11-32(22-33)31-10-7-9-29(21-31)24-46-38(51)15-3-1-2-4-16-39(52)48-36-14-6-5-13-35(36)45/h5-14,17-22,27,34,37,42,50H,1-4,15-16,23-26,45H2,(H,46,51)(H,48,52)/t34-,37+,42+/m1/s1. The number of aliphatic hydroxyl groups excluding tert-OH is 1. The smallest absolute Gasteiger partial charge is 0.224 e. The molecule has 12 heteroatoms. The zero-order chi connectivity index (χ0) is 37.9. The molecule has 5 aromatic rings. The van der Waals surface area contributed by atoms with Crippen molar-refractivity contribution in [2.24, 2.45) is 0 Å². The third kappa shape index (κ3) is 10.7. The SMILES string of the molecule is Nc1ccccc1NC(=O)CCCCCCC(=O)NCc1cccc(-c2cccc([C@H]3O[C@@H](Cn4cnc(Cl)c4Cl)C[C@@H](c4ccc(CO)cc4)O3)c2)c1. The van der Waals surface area contributed by atoms with Gasteiger partial charge >= 0.3 is 0 Å². The van der Waals surface area contributed by atoms with Crippen molar-refractivity contribution in [1.82, 2.24) is 14.9 Å². The summed E-state index contributed by atoms with van der Waals surface area (Å²) in [6.07, 6.45) is 5.12. The van der Waals surface area contributed by atoms with Gasteiger partial charge in [-0.2, -0.15) is 0 Å². The highest BCUT2D eigenvalue weighted by atomic mass is 35.5. The number of anilines is 2. The van der Waals surface area contributed by atoms with E-state index in [0.29, 0.717) is 48.9 Å². The molecule has 54 heavy (non-hydrogen) atoms. The van der Waals surface area contributed by atoms with Gasteiger partial charge in [-0.05, 0) is 64.9 Å². The van der Waals surface area contributed by atoms with E-state index in [9.17, 15) is 14.7 Å². The van der Waals surface area contributed by atoms with Crippen LogP contribution in [0.5, 0.6) is 0 Å². The Bertz CT molecular complexity index is 2020. The van der Waals surface area contributed by atoms with Crippen LogP contribution in [0.15, 0.2) is 103 Å². The van der Waals surface area contributed by atoms with Crippen LogP contribution < -0.4 is 16.4 Å². The van der Waals surface area contributed by atoms with Gasteiger partial charge in [0, 0.05) is 31.4 Å². The largest absolute Gasteiger partial charge is 0.397 e. The third-order valence-electron chi connectivity index (χ3n) is 9.45. The number of amides is 2. The van der Waals surface area contributed by atoms with Gasteiger partial charge in [0.25, 0.3) is 0 Å². The first kappa shape index (κ1) is 39.0. The number of aliphatic hydroxyl groups is 1. The highest BCUT2D eigenvalue weighted by Crippen LogP contribution is 2.40. The van der Waals surface area contributed by atoms with Gasteiger partial charge in [0.05, 0.1) is 43.1 Å². The number of aromatic nitrogens is 2. The molecule has 1 saturated heterocycles. The first-order chi connectivity index (χ1) is 26.2. The van der Waals surface area contributed by atoms with Crippen LogP contribution in [0.4, 0.5) is 11.4 Å². The number of nitrogens with one attached hydrogen (secondary N) is 2. The van der Waals surface area contributed by atoms with E-state index in [2.05, 4.69) is 27.8 Å². The van der Waals surface area contributed by atoms with E-state index in [4.69, 9.17) is 38.4 Å². The summed E-state index contributed by atoms with van der Waals surface area (Å²) in [6.45, 7) is 0.835. The zero-order valence-corrected chi connectivity index (χ0v) is 31.4. The first-order valence-corrected chi connectivity index (χ1v) is 19.0. The van der Waals surface area contributed by atoms with Crippen LogP contribution in [0.2, 0.25) is 10.3 Å². The van der Waals surface area contributed by atoms with Crippen LogP contribution in [-0.4, -0.2) is 32.6 Å². The molecule has 0 unspecified atom stereocenters. The van der Waals surface area contributed by atoms with Gasteiger partial charge in [-0.1, -0.05) is 109 Å². The van der Waals surface area contributed by atoms with Crippen LogP contribution in [0, 0.1) is 0 Å². The maximum absolute atomic E-state index is 12.6. The minimum absolute atomic E-state index is 0.000605. The minimum Gasteiger partial charge on any atom is -0.397 e. The summed E-state index contributed by atoms with van der Waals surface area (Å²) >= 11 is 12.5. The van der Waals surface area contributed by atoms with E-state index in [0.717, 1.165) is 59.1 Å². The van der Waals surface area contributed by atoms with Crippen molar-refractivity contribution in [3.63, 3.8) is 0 Å². The number of para-hydroxylation sites is 2. The van der Waals surface area contributed by atoms with Gasteiger partial charge in [0.2, 0.25) is 11.8 Å². The Balaban J connectivity index is 1.02. The number of carbonyl (C=O) groups excluding carboxylic acids is 2. The molecule has 0 spiro atoms. The Hall–Kier alpha value is -4.71. The number of nitrogens with two attached hydrogens (primary N) is 1. The van der Waals surface area contributed by atoms with Crippen LogP contribution >= 0.6 is 23.2 Å². The van der Waals surface area contributed by atoms with Crippen molar-refractivity contribution in [3.8, 4) is 11.1 Å². The molecule has 6 rings (SSSR count). The number of benzene rings is 4. The summed E-state index contributed by atoms with van der Waals surface area (Å²) in [6, 6.07) is 31.2. The fourth-order valence-electron chi connectivity index (χ4n) is 6.49. The number of imidazole rings is 1. The lowest BCUT2D eigenvalue weighted by molar-refractivity contribution is -0.252. The lowest BCUT2D eigenvalue weighted by Crippen LogP contribution is -2.32. The summed E-state index contributed by atoms with van der Waals surface area (Å²) in [5.41, 5.74) is 12.7. The summed E-state index contributed by atoms with van der Waals surface area (Å²) in [4.78, 5) is 29.0. The number of nitrogen functional groups attached to an aromatic ring is 1. The maximum Gasteiger partial charge on any atom is 0.224 e. The van der Waals surface area contributed by atoms with Gasteiger partial charge in [-0.3, -0.25) is 9.59 Å². The van der Waals surface area contributed by atoms with E-state index in [1.807, 2.05) is 72.8 Å². The molecule has 10 nitrogen and oxygen atoms in total. The van der Waals surface area contributed by atoms with Crippen molar-refractivity contribution in [3.05, 3.63) is 136 Å². The number of nitrogens with zero attached hydrogens (tertiary/aromatic N) is 2. The number of rotatable bonds is 16. The second-order valence-corrected chi connectivity index (χ2v) is 14.2. The molecular weight excluding hydrogens is 725 g/mol. The van der Waals surface area contributed by atoms with E-state index < -0.39 is 6.29 Å². The summed E-state index contributed by atoms with van der Waals surface area (Å²) in [5, 5.41) is 16.0. The maximum atomic E-state index is 12.6. The van der Waals surface area contributed by atoms with Gasteiger partial charge < -0.3 is 35.5 Å². The molecule has 1 aromatic heterocycles. The molecule has 5 N–H and O–H groups in total. The number of ether oxygens (including phenoxy) is 2. The van der Waals surface area contributed by atoms with E-state index in [-0.39, 0.29) is 35.8 Å². The zero-order valence-electron chi connectivity index (χ0n) is 29.9.